The van der Waals surface area contributed by atoms with Gasteiger partial charge < -0.3 is 9.32 Å². The zero-order valence-electron chi connectivity index (χ0n) is 12.0. The van der Waals surface area contributed by atoms with Crippen LogP contribution in [0, 0.1) is 5.92 Å². The van der Waals surface area contributed by atoms with Gasteiger partial charge in [-0.3, -0.25) is 4.98 Å². The van der Waals surface area contributed by atoms with E-state index < -0.39 is 0 Å². The van der Waals surface area contributed by atoms with E-state index in [9.17, 15) is 0 Å². The number of hydrogen-bond donors (Lipinski definition) is 0. The van der Waals surface area contributed by atoms with Gasteiger partial charge in [-0.2, -0.15) is 0 Å². The lowest BCUT2D eigenvalue weighted by Crippen LogP contribution is -2.24. The van der Waals surface area contributed by atoms with Crippen molar-refractivity contribution in [2.75, 3.05) is 19.6 Å². The van der Waals surface area contributed by atoms with Crippen LogP contribution in [0.3, 0.4) is 0 Å². The summed E-state index contributed by atoms with van der Waals surface area (Å²) >= 11 is 0. The van der Waals surface area contributed by atoms with Gasteiger partial charge in [-0.1, -0.05) is 13.8 Å². The first-order chi connectivity index (χ1) is 9.72. The third-order valence-corrected chi connectivity index (χ3v) is 3.59. The molecule has 1 fully saturated rings. The van der Waals surface area contributed by atoms with Crippen molar-refractivity contribution in [3.05, 3.63) is 30.4 Å². The van der Waals surface area contributed by atoms with Gasteiger partial charge in [0, 0.05) is 25.5 Å². The summed E-state index contributed by atoms with van der Waals surface area (Å²) in [5, 5.41) is 8.36. The van der Waals surface area contributed by atoms with Gasteiger partial charge in [0.05, 0.1) is 11.5 Å². The van der Waals surface area contributed by atoms with E-state index in [0.717, 1.165) is 37.5 Å². The molecule has 20 heavy (non-hydrogen) atoms. The summed E-state index contributed by atoms with van der Waals surface area (Å²) < 4.78 is 5.82. The second kappa shape index (κ2) is 5.71. The van der Waals surface area contributed by atoms with Gasteiger partial charge in [0.15, 0.2) is 0 Å². The highest BCUT2D eigenvalue weighted by molar-refractivity contribution is 5.49. The molecule has 1 unspecified atom stereocenters. The first kappa shape index (κ1) is 13.2. The molecule has 3 rings (SSSR count). The predicted octanol–water partition coefficient (Wildman–Crippen LogP) is 2.58. The van der Waals surface area contributed by atoms with Crippen molar-refractivity contribution < 1.29 is 4.42 Å². The van der Waals surface area contributed by atoms with Crippen molar-refractivity contribution in [2.24, 2.45) is 5.92 Å². The highest BCUT2D eigenvalue weighted by Gasteiger charge is 2.28. The fraction of sp³-hybridized carbons (Fsp3) is 0.533. The van der Waals surface area contributed by atoms with E-state index in [1.54, 1.807) is 12.4 Å². The van der Waals surface area contributed by atoms with Crippen molar-refractivity contribution in [1.29, 1.82) is 0 Å². The van der Waals surface area contributed by atoms with Gasteiger partial charge in [-0.05, 0) is 31.0 Å². The summed E-state index contributed by atoms with van der Waals surface area (Å²) in [6.45, 7) is 7.78. The molecule has 0 spiro atoms. The summed E-state index contributed by atoms with van der Waals surface area (Å²) in [6, 6.07) is 3.81. The van der Waals surface area contributed by atoms with Crippen LogP contribution < -0.4 is 0 Å². The van der Waals surface area contributed by atoms with Gasteiger partial charge in [-0.15, -0.1) is 10.2 Å². The Balaban J connectivity index is 1.69. The van der Waals surface area contributed by atoms with E-state index in [1.165, 1.54) is 0 Å². The van der Waals surface area contributed by atoms with Crippen LogP contribution in [-0.4, -0.2) is 39.7 Å². The molecule has 0 radical (unpaired) electrons. The van der Waals surface area contributed by atoms with Crippen LogP contribution in [-0.2, 0) is 0 Å². The first-order valence-corrected chi connectivity index (χ1v) is 7.18. The van der Waals surface area contributed by atoms with Gasteiger partial charge in [0.1, 0.15) is 0 Å². The monoisotopic (exact) mass is 272 g/mol. The van der Waals surface area contributed by atoms with Gasteiger partial charge >= 0.3 is 0 Å². The largest absolute Gasteiger partial charge is 0.420 e. The molecule has 1 atom stereocenters. The number of hydrogen-bond acceptors (Lipinski definition) is 5. The van der Waals surface area contributed by atoms with E-state index in [1.807, 2.05) is 12.1 Å². The fourth-order valence-corrected chi connectivity index (χ4v) is 2.72. The molecule has 1 aliphatic rings. The van der Waals surface area contributed by atoms with Crippen molar-refractivity contribution in [3.8, 4) is 11.5 Å². The average Bonchev–Trinajstić information content (AvgIpc) is 3.07. The summed E-state index contributed by atoms with van der Waals surface area (Å²) in [6.07, 6.45) is 4.58. The molecule has 1 aliphatic heterocycles. The fourth-order valence-electron chi connectivity index (χ4n) is 2.72. The molecule has 5 nitrogen and oxygen atoms in total. The molecule has 0 N–H and O–H groups in total. The van der Waals surface area contributed by atoms with Crippen molar-refractivity contribution >= 4 is 0 Å². The van der Waals surface area contributed by atoms with Crippen molar-refractivity contribution in [3.63, 3.8) is 0 Å². The van der Waals surface area contributed by atoms with Crippen LogP contribution in [0.25, 0.3) is 11.5 Å². The topological polar surface area (TPSA) is 55.1 Å². The van der Waals surface area contributed by atoms with Crippen LogP contribution in [0.4, 0.5) is 0 Å². The third-order valence-electron chi connectivity index (χ3n) is 3.59. The molecular formula is C15H20N4O. The summed E-state index contributed by atoms with van der Waals surface area (Å²) in [5.41, 5.74) is 0.878. The van der Waals surface area contributed by atoms with E-state index in [4.69, 9.17) is 4.42 Å². The molecule has 2 aromatic rings. The summed E-state index contributed by atoms with van der Waals surface area (Å²) in [7, 11) is 0. The SMILES string of the molecule is CC(C)CN1CCC(c2nnc(-c3cccnc3)o2)C1. The van der Waals surface area contributed by atoms with Crippen LogP contribution in [0.5, 0.6) is 0 Å². The van der Waals surface area contributed by atoms with E-state index in [0.29, 0.717) is 17.7 Å². The molecule has 5 heteroatoms. The van der Waals surface area contributed by atoms with Crippen molar-refractivity contribution in [2.45, 2.75) is 26.2 Å². The minimum Gasteiger partial charge on any atom is -0.420 e. The number of pyridine rings is 1. The predicted molar refractivity (Wildman–Crippen MR) is 76.2 cm³/mol. The van der Waals surface area contributed by atoms with Crippen LogP contribution >= 0.6 is 0 Å². The van der Waals surface area contributed by atoms with Crippen LogP contribution in [0.15, 0.2) is 28.9 Å². The third kappa shape index (κ3) is 2.88. The Morgan fingerprint density at radius 3 is 3.05 bits per heavy atom. The summed E-state index contributed by atoms with van der Waals surface area (Å²) in [5.74, 6) is 2.39. The zero-order chi connectivity index (χ0) is 13.9. The molecule has 3 heterocycles. The number of nitrogens with zero attached hydrogens (tertiary/aromatic N) is 4. The van der Waals surface area contributed by atoms with Crippen LogP contribution in [0.2, 0.25) is 0 Å². The maximum absolute atomic E-state index is 5.82. The zero-order valence-corrected chi connectivity index (χ0v) is 12.0. The molecule has 0 aromatic carbocycles. The minimum absolute atomic E-state index is 0.367. The Morgan fingerprint density at radius 2 is 2.30 bits per heavy atom. The van der Waals surface area contributed by atoms with Crippen molar-refractivity contribution in [1.82, 2.24) is 20.1 Å². The van der Waals surface area contributed by atoms with E-state index in [-0.39, 0.29) is 0 Å². The first-order valence-electron chi connectivity index (χ1n) is 7.18. The number of likely N-dealkylation sites (tertiary alicyclic amines) is 1. The number of rotatable bonds is 4. The lowest BCUT2D eigenvalue weighted by molar-refractivity contribution is 0.290. The van der Waals surface area contributed by atoms with Gasteiger partial charge in [0.25, 0.3) is 0 Å². The molecule has 1 saturated heterocycles. The second-order valence-electron chi connectivity index (χ2n) is 5.83. The average molecular weight is 272 g/mol. The van der Waals surface area contributed by atoms with Gasteiger partial charge in [0.2, 0.25) is 11.8 Å². The van der Waals surface area contributed by atoms with E-state index >= 15 is 0 Å². The molecular weight excluding hydrogens is 252 g/mol. The maximum atomic E-state index is 5.82. The van der Waals surface area contributed by atoms with Gasteiger partial charge in [-0.25, -0.2) is 0 Å². The highest BCUT2D eigenvalue weighted by atomic mass is 16.4. The standard InChI is InChI=1S/C15H20N4O/c1-11(2)9-19-7-5-13(10-19)15-18-17-14(20-15)12-4-3-6-16-8-12/h3-4,6,8,11,13H,5,7,9-10H2,1-2H3. The lowest BCUT2D eigenvalue weighted by atomic mass is 10.1. The lowest BCUT2D eigenvalue weighted by Gasteiger charge is -2.17. The Hall–Kier alpha value is -1.75. The second-order valence-corrected chi connectivity index (χ2v) is 5.83. The van der Waals surface area contributed by atoms with E-state index in [2.05, 4.69) is 33.9 Å². The molecule has 0 saturated carbocycles. The maximum Gasteiger partial charge on any atom is 0.249 e. The molecule has 0 bridgehead atoms. The highest BCUT2D eigenvalue weighted by Crippen LogP contribution is 2.28. The minimum atomic E-state index is 0.367. The summed E-state index contributed by atoms with van der Waals surface area (Å²) in [4.78, 5) is 6.55. The molecule has 106 valence electrons. The normalized spacial score (nSPS) is 19.9. The smallest absolute Gasteiger partial charge is 0.249 e. The Labute approximate surface area is 119 Å². The Bertz CT molecular complexity index is 552. The Kier molecular flexibility index (Phi) is 3.78. The quantitative estimate of drug-likeness (QED) is 0.856. The Morgan fingerprint density at radius 1 is 1.40 bits per heavy atom. The van der Waals surface area contributed by atoms with Crippen LogP contribution in [0.1, 0.15) is 32.1 Å². The molecule has 0 aliphatic carbocycles. The molecule has 0 amide bonds. The number of aromatic nitrogens is 3. The molecule has 2 aromatic heterocycles.